The molecule has 0 aromatic heterocycles. The zero-order valence-corrected chi connectivity index (χ0v) is 8.96. The van der Waals surface area contributed by atoms with Crippen LogP contribution in [0.15, 0.2) is 0 Å². The number of nitrogens with zero attached hydrogens (tertiary/aromatic N) is 1. The number of alkyl halides is 3. The second-order valence-electron chi connectivity index (χ2n) is 3.94. The smallest absolute Gasteiger partial charge is 0.471 e. The maximum absolute atomic E-state index is 12.0. The van der Waals surface area contributed by atoms with E-state index in [1.54, 1.807) is 0 Å². The van der Waals surface area contributed by atoms with Crippen molar-refractivity contribution in [2.45, 2.75) is 25.1 Å². The Morgan fingerprint density at radius 1 is 1.41 bits per heavy atom. The van der Waals surface area contributed by atoms with Gasteiger partial charge in [0, 0.05) is 12.6 Å². The Morgan fingerprint density at radius 2 is 2.06 bits per heavy atom. The van der Waals surface area contributed by atoms with Crippen molar-refractivity contribution in [3.8, 4) is 0 Å². The number of carbonyl (C=O) groups excluding carboxylic acids is 1. The molecule has 1 unspecified atom stereocenters. The van der Waals surface area contributed by atoms with E-state index in [9.17, 15) is 22.8 Å². The topological polar surface area (TPSA) is 69.6 Å². The second kappa shape index (κ2) is 5.35. The molecule has 0 spiro atoms. The van der Waals surface area contributed by atoms with E-state index in [0.29, 0.717) is 19.4 Å². The summed E-state index contributed by atoms with van der Waals surface area (Å²) in [5, 5.41) is 10.4. The van der Waals surface area contributed by atoms with Gasteiger partial charge in [0.15, 0.2) is 0 Å². The van der Waals surface area contributed by atoms with E-state index in [2.05, 4.69) is 0 Å². The van der Waals surface area contributed by atoms with Crippen LogP contribution in [0.5, 0.6) is 0 Å². The molecule has 1 heterocycles. The van der Waals surface area contributed by atoms with Crippen LogP contribution < -0.4 is 5.32 Å². The summed E-state index contributed by atoms with van der Waals surface area (Å²) in [6.07, 6.45) is -3.90. The number of likely N-dealkylation sites (tertiary alicyclic amines) is 1. The van der Waals surface area contributed by atoms with E-state index in [1.165, 1.54) is 4.90 Å². The van der Waals surface area contributed by atoms with Crippen LogP contribution in [0, 0.1) is 0 Å². The van der Waals surface area contributed by atoms with Gasteiger partial charge in [-0.2, -0.15) is 13.2 Å². The number of amides is 1. The molecule has 17 heavy (non-hydrogen) atoms. The Bertz CT molecular complexity index is 306. The van der Waals surface area contributed by atoms with Gasteiger partial charge >= 0.3 is 18.1 Å². The molecule has 8 heteroatoms. The van der Waals surface area contributed by atoms with Gasteiger partial charge in [0.2, 0.25) is 0 Å². The Hall–Kier alpha value is -1.31. The molecule has 0 aromatic carbocycles. The third-order valence-electron chi connectivity index (χ3n) is 2.46. The van der Waals surface area contributed by atoms with Gasteiger partial charge in [-0.15, -0.1) is 0 Å². The molecular formula is C9H13F3N2O3. The van der Waals surface area contributed by atoms with Gasteiger partial charge in [-0.25, -0.2) is 0 Å². The van der Waals surface area contributed by atoms with Gasteiger partial charge < -0.3 is 10.4 Å². The Kier molecular flexibility index (Phi) is 4.33. The predicted molar refractivity (Wildman–Crippen MR) is 51.3 cm³/mol. The molecule has 1 rings (SSSR count). The van der Waals surface area contributed by atoms with Crippen molar-refractivity contribution >= 4 is 11.9 Å². The Balaban J connectivity index is 2.45. The fourth-order valence-corrected chi connectivity index (χ4v) is 1.78. The summed E-state index contributed by atoms with van der Waals surface area (Å²) < 4.78 is 36.0. The van der Waals surface area contributed by atoms with Crippen LogP contribution in [0.3, 0.4) is 0 Å². The molecule has 1 aliphatic heterocycles. The number of hydrogen-bond donors (Lipinski definition) is 2. The van der Waals surface area contributed by atoms with Crippen molar-refractivity contribution in [1.82, 2.24) is 10.2 Å². The summed E-state index contributed by atoms with van der Waals surface area (Å²) in [5.74, 6) is -3.01. The molecule has 1 amide bonds. The zero-order chi connectivity index (χ0) is 13.1. The van der Waals surface area contributed by atoms with E-state index < -0.39 is 24.1 Å². The lowest BCUT2D eigenvalue weighted by molar-refractivity contribution is -0.174. The largest absolute Gasteiger partial charge is 0.480 e. The highest BCUT2D eigenvalue weighted by Gasteiger charge is 2.40. The molecule has 0 aromatic rings. The highest BCUT2D eigenvalue weighted by atomic mass is 19.4. The number of carbonyl (C=O) groups is 2. The molecule has 0 saturated carbocycles. The average molecular weight is 254 g/mol. The molecule has 5 nitrogen and oxygen atoms in total. The minimum Gasteiger partial charge on any atom is -0.480 e. The number of hydrogen-bond acceptors (Lipinski definition) is 3. The highest BCUT2D eigenvalue weighted by molar-refractivity contribution is 5.82. The second-order valence-corrected chi connectivity index (χ2v) is 3.94. The lowest BCUT2D eigenvalue weighted by atomic mass is 10.1. The van der Waals surface area contributed by atoms with Crippen LogP contribution in [-0.2, 0) is 9.59 Å². The summed E-state index contributed by atoms with van der Waals surface area (Å²) in [7, 11) is 0. The molecule has 0 bridgehead atoms. The van der Waals surface area contributed by atoms with Crippen LogP contribution in [0.1, 0.15) is 12.8 Å². The first kappa shape index (κ1) is 13.8. The van der Waals surface area contributed by atoms with Crippen molar-refractivity contribution in [3.63, 3.8) is 0 Å². The van der Waals surface area contributed by atoms with Gasteiger partial charge in [-0.3, -0.25) is 14.5 Å². The average Bonchev–Trinajstić information content (AvgIpc) is 2.15. The summed E-state index contributed by atoms with van der Waals surface area (Å²) in [6.45, 7) is 0.428. The monoisotopic (exact) mass is 254 g/mol. The van der Waals surface area contributed by atoms with Crippen LogP contribution in [0.2, 0.25) is 0 Å². The maximum Gasteiger partial charge on any atom is 0.471 e. The lowest BCUT2D eigenvalue weighted by Crippen LogP contribution is -2.51. The number of nitrogens with one attached hydrogen (secondary N) is 1. The summed E-state index contributed by atoms with van der Waals surface area (Å²) in [6, 6.07) is -0.641. The number of aliphatic carboxylic acids is 1. The Labute approximate surface area is 95.6 Å². The summed E-state index contributed by atoms with van der Waals surface area (Å²) >= 11 is 0. The van der Waals surface area contributed by atoms with Gasteiger partial charge in [0.05, 0.1) is 6.54 Å². The molecule has 1 aliphatic rings. The Morgan fingerprint density at radius 3 is 2.59 bits per heavy atom. The maximum atomic E-state index is 12.0. The van der Waals surface area contributed by atoms with E-state index in [-0.39, 0.29) is 13.1 Å². The minimum absolute atomic E-state index is 0.133. The first-order chi connectivity index (χ1) is 7.79. The van der Waals surface area contributed by atoms with Crippen molar-refractivity contribution in [1.29, 1.82) is 0 Å². The fraction of sp³-hybridized carbons (Fsp3) is 0.778. The quantitative estimate of drug-likeness (QED) is 0.755. The SMILES string of the molecule is O=C(O)CN1CCCC(NC(=O)C(F)(F)F)C1. The number of rotatable bonds is 3. The minimum atomic E-state index is -4.89. The lowest BCUT2D eigenvalue weighted by Gasteiger charge is -2.32. The highest BCUT2D eigenvalue weighted by Crippen LogP contribution is 2.16. The van der Waals surface area contributed by atoms with E-state index in [4.69, 9.17) is 5.11 Å². The summed E-state index contributed by atoms with van der Waals surface area (Å²) in [4.78, 5) is 22.6. The van der Waals surface area contributed by atoms with Crippen LogP contribution in [-0.4, -0.2) is 53.7 Å². The zero-order valence-electron chi connectivity index (χ0n) is 8.96. The van der Waals surface area contributed by atoms with Gasteiger partial charge in [-0.05, 0) is 19.4 Å². The first-order valence-electron chi connectivity index (χ1n) is 5.11. The molecule has 1 atom stereocenters. The number of piperidine rings is 1. The summed E-state index contributed by atoms with van der Waals surface area (Å²) in [5.41, 5.74) is 0. The molecule has 98 valence electrons. The standard InChI is InChI=1S/C9H13F3N2O3/c10-9(11,12)8(17)13-6-2-1-3-14(4-6)5-7(15)16/h6H,1-5H2,(H,13,17)(H,15,16). The molecule has 1 fully saturated rings. The van der Waals surface area contributed by atoms with E-state index in [1.807, 2.05) is 5.32 Å². The van der Waals surface area contributed by atoms with Gasteiger partial charge in [0.25, 0.3) is 0 Å². The van der Waals surface area contributed by atoms with Crippen LogP contribution in [0.4, 0.5) is 13.2 Å². The first-order valence-corrected chi connectivity index (χ1v) is 5.11. The number of carboxylic acids is 1. The number of halogens is 3. The van der Waals surface area contributed by atoms with Crippen molar-refractivity contribution < 1.29 is 27.9 Å². The van der Waals surface area contributed by atoms with Crippen LogP contribution in [0.25, 0.3) is 0 Å². The molecule has 0 aliphatic carbocycles. The van der Waals surface area contributed by atoms with Gasteiger partial charge in [-0.1, -0.05) is 0 Å². The molecule has 2 N–H and O–H groups in total. The predicted octanol–water partition coefficient (Wildman–Crippen LogP) is 0.214. The molecule has 1 saturated heterocycles. The van der Waals surface area contributed by atoms with Crippen molar-refractivity contribution in [2.24, 2.45) is 0 Å². The van der Waals surface area contributed by atoms with Crippen molar-refractivity contribution in [3.05, 3.63) is 0 Å². The third-order valence-corrected chi connectivity index (χ3v) is 2.46. The van der Waals surface area contributed by atoms with Crippen LogP contribution >= 0.6 is 0 Å². The van der Waals surface area contributed by atoms with E-state index >= 15 is 0 Å². The molecular weight excluding hydrogens is 241 g/mol. The fourth-order valence-electron chi connectivity index (χ4n) is 1.78. The van der Waals surface area contributed by atoms with Crippen molar-refractivity contribution in [2.75, 3.05) is 19.6 Å². The van der Waals surface area contributed by atoms with Gasteiger partial charge in [0.1, 0.15) is 0 Å². The van der Waals surface area contributed by atoms with E-state index in [0.717, 1.165) is 0 Å². The normalized spacial score (nSPS) is 22.2. The molecule has 0 radical (unpaired) electrons. The number of carboxylic acid groups (broad SMARTS) is 1. The third kappa shape index (κ3) is 4.59.